The third-order valence-corrected chi connectivity index (χ3v) is 5.42. The lowest BCUT2D eigenvalue weighted by Gasteiger charge is -2.11. The number of methoxy groups -OCH3 is 1. The van der Waals surface area contributed by atoms with Crippen molar-refractivity contribution in [1.82, 2.24) is 4.98 Å². The van der Waals surface area contributed by atoms with Crippen LogP contribution in [0.1, 0.15) is 54.4 Å². The molecule has 0 amide bonds. The average molecular weight is 346 g/mol. The van der Waals surface area contributed by atoms with Crippen molar-refractivity contribution in [2.24, 2.45) is 0 Å². The monoisotopic (exact) mass is 346 g/mol. The number of benzene rings is 1. The highest BCUT2D eigenvalue weighted by atomic mass is 16.5. The van der Waals surface area contributed by atoms with Crippen LogP contribution >= 0.6 is 0 Å². The van der Waals surface area contributed by atoms with E-state index in [0.29, 0.717) is 12.3 Å². The summed E-state index contributed by atoms with van der Waals surface area (Å²) in [5.41, 5.74) is 2.92. The minimum atomic E-state index is -0.209. The first kappa shape index (κ1) is 16.7. The van der Waals surface area contributed by atoms with Gasteiger partial charge in [0.1, 0.15) is 5.76 Å². The lowest BCUT2D eigenvalue weighted by atomic mass is 9.92. The van der Waals surface area contributed by atoms with Crippen molar-refractivity contribution < 1.29 is 9.15 Å². The van der Waals surface area contributed by atoms with Crippen LogP contribution in [0.2, 0.25) is 0 Å². The lowest BCUT2D eigenvalue weighted by Crippen LogP contribution is -2.01. The maximum Gasteiger partial charge on any atom is 0.176 e. The van der Waals surface area contributed by atoms with Crippen molar-refractivity contribution in [3.63, 3.8) is 0 Å². The van der Waals surface area contributed by atoms with E-state index in [4.69, 9.17) is 9.15 Å². The molecule has 1 unspecified atom stereocenters. The van der Waals surface area contributed by atoms with Gasteiger partial charge in [0.2, 0.25) is 0 Å². The highest BCUT2D eigenvalue weighted by Crippen LogP contribution is 2.40. The van der Waals surface area contributed by atoms with Gasteiger partial charge in [0.05, 0.1) is 19.1 Å². The minimum absolute atomic E-state index is 0.209. The van der Waals surface area contributed by atoms with E-state index in [9.17, 15) is 5.26 Å². The molecule has 4 rings (SSSR count). The first-order valence-corrected chi connectivity index (χ1v) is 9.19. The van der Waals surface area contributed by atoms with Crippen LogP contribution in [0.25, 0.3) is 11.0 Å². The molecule has 1 saturated carbocycles. The highest BCUT2D eigenvalue weighted by molar-refractivity contribution is 5.87. The van der Waals surface area contributed by atoms with E-state index >= 15 is 0 Å². The van der Waals surface area contributed by atoms with Gasteiger partial charge in [-0.05, 0) is 54.7 Å². The molecule has 0 saturated heterocycles. The summed E-state index contributed by atoms with van der Waals surface area (Å²) in [7, 11) is 1.67. The Morgan fingerprint density at radius 1 is 1.23 bits per heavy atom. The third-order valence-electron chi connectivity index (χ3n) is 5.42. The van der Waals surface area contributed by atoms with Crippen LogP contribution < -0.4 is 4.74 Å². The first-order valence-electron chi connectivity index (χ1n) is 9.19. The molecular weight excluding hydrogens is 324 g/mol. The van der Waals surface area contributed by atoms with Gasteiger partial charge in [-0.15, -0.1) is 0 Å². The van der Waals surface area contributed by atoms with Gasteiger partial charge in [-0.2, -0.15) is 5.26 Å². The van der Waals surface area contributed by atoms with Gasteiger partial charge < -0.3 is 9.15 Å². The summed E-state index contributed by atoms with van der Waals surface area (Å²) in [6.45, 7) is 0. The summed E-state index contributed by atoms with van der Waals surface area (Å²) in [4.78, 5) is 4.05. The van der Waals surface area contributed by atoms with Gasteiger partial charge in [-0.3, -0.25) is 4.98 Å². The molecule has 1 fully saturated rings. The highest BCUT2D eigenvalue weighted by Gasteiger charge is 2.23. The van der Waals surface area contributed by atoms with E-state index in [1.165, 1.54) is 25.7 Å². The maximum absolute atomic E-state index is 9.67. The molecule has 0 N–H and O–H groups in total. The van der Waals surface area contributed by atoms with Crippen molar-refractivity contribution in [1.29, 1.82) is 5.26 Å². The SMILES string of the molecule is COc1ccc(CC(C#N)c2ccncc2)c2cc(C3CCCC3)oc12. The van der Waals surface area contributed by atoms with Gasteiger partial charge >= 0.3 is 0 Å². The van der Waals surface area contributed by atoms with Gasteiger partial charge in [0.15, 0.2) is 11.3 Å². The van der Waals surface area contributed by atoms with Crippen molar-refractivity contribution in [3.8, 4) is 11.8 Å². The molecule has 2 aromatic heterocycles. The zero-order valence-electron chi connectivity index (χ0n) is 14.9. The van der Waals surface area contributed by atoms with E-state index in [0.717, 1.165) is 33.6 Å². The molecule has 1 aromatic carbocycles. The molecule has 1 aliphatic rings. The van der Waals surface area contributed by atoms with Crippen LogP contribution in [0, 0.1) is 11.3 Å². The van der Waals surface area contributed by atoms with Crippen molar-refractivity contribution >= 4 is 11.0 Å². The van der Waals surface area contributed by atoms with Crippen LogP contribution in [0.5, 0.6) is 5.75 Å². The fourth-order valence-corrected chi connectivity index (χ4v) is 3.98. The lowest BCUT2D eigenvalue weighted by molar-refractivity contribution is 0.404. The first-order chi connectivity index (χ1) is 12.8. The fourth-order valence-electron chi connectivity index (χ4n) is 3.98. The topological polar surface area (TPSA) is 59.0 Å². The van der Waals surface area contributed by atoms with E-state index < -0.39 is 0 Å². The van der Waals surface area contributed by atoms with Crippen LogP contribution in [-0.4, -0.2) is 12.1 Å². The number of hydrogen-bond acceptors (Lipinski definition) is 4. The number of nitriles is 1. The third kappa shape index (κ3) is 3.06. The fraction of sp³-hybridized carbons (Fsp3) is 0.364. The van der Waals surface area contributed by atoms with Crippen LogP contribution in [-0.2, 0) is 6.42 Å². The smallest absolute Gasteiger partial charge is 0.176 e. The molecule has 4 heteroatoms. The Kier molecular flexibility index (Phi) is 4.62. The predicted molar refractivity (Wildman–Crippen MR) is 100 cm³/mol. The standard InChI is InChI=1S/C22H22N2O2/c1-25-20-7-6-17(12-18(14-23)15-8-10-24-11-9-15)19-13-21(26-22(19)20)16-4-2-3-5-16/h6-11,13,16,18H,2-5,12H2,1H3. The number of pyridine rings is 1. The summed E-state index contributed by atoms with van der Waals surface area (Å²) >= 11 is 0. The van der Waals surface area contributed by atoms with Crippen molar-refractivity contribution in [2.45, 2.75) is 43.9 Å². The molecule has 3 aromatic rings. The molecule has 0 radical (unpaired) electrons. The second-order valence-corrected chi connectivity index (χ2v) is 6.97. The molecule has 0 bridgehead atoms. The van der Waals surface area contributed by atoms with Gasteiger partial charge in [0.25, 0.3) is 0 Å². The minimum Gasteiger partial charge on any atom is -0.493 e. The number of rotatable bonds is 5. The van der Waals surface area contributed by atoms with Gasteiger partial charge in [-0.1, -0.05) is 18.9 Å². The number of fused-ring (bicyclic) bond motifs is 1. The van der Waals surface area contributed by atoms with Crippen molar-refractivity contribution in [2.75, 3.05) is 7.11 Å². The molecule has 132 valence electrons. The summed E-state index contributed by atoms with van der Waals surface area (Å²) in [6, 6.07) is 12.4. The normalized spacial score (nSPS) is 15.8. The van der Waals surface area contributed by atoms with Crippen molar-refractivity contribution in [3.05, 3.63) is 59.6 Å². The van der Waals surface area contributed by atoms with Crippen LogP contribution in [0.15, 0.2) is 47.1 Å². The Labute approximate surface area is 153 Å². The molecule has 2 heterocycles. The Bertz CT molecular complexity index is 934. The number of hydrogen-bond donors (Lipinski definition) is 0. The van der Waals surface area contributed by atoms with Gasteiger partial charge in [0, 0.05) is 23.7 Å². The van der Waals surface area contributed by atoms with Gasteiger partial charge in [-0.25, -0.2) is 0 Å². The largest absolute Gasteiger partial charge is 0.493 e. The summed E-state index contributed by atoms with van der Waals surface area (Å²) < 4.78 is 11.7. The predicted octanol–water partition coefficient (Wildman–Crippen LogP) is 5.34. The average Bonchev–Trinajstić information content (AvgIpc) is 3.36. The molecule has 0 aliphatic heterocycles. The van der Waals surface area contributed by atoms with E-state index in [1.54, 1.807) is 19.5 Å². The molecule has 1 aliphatic carbocycles. The molecule has 1 atom stereocenters. The summed E-state index contributed by atoms with van der Waals surface area (Å²) in [6.07, 6.45) is 9.03. The number of nitrogens with zero attached hydrogens (tertiary/aromatic N) is 2. The zero-order chi connectivity index (χ0) is 17.9. The second-order valence-electron chi connectivity index (χ2n) is 6.97. The Hall–Kier alpha value is -2.80. The molecule has 4 nitrogen and oxygen atoms in total. The van der Waals surface area contributed by atoms with Crippen LogP contribution in [0.4, 0.5) is 0 Å². The van der Waals surface area contributed by atoms with E-state index in [1.807, 2.05) is 18.2 Å². The molecular formula is C22H22N2O2. The number of aromatic nitrogens is 1. The Balaban J connectivity index is 1.73. The van der Waals surface area contributed by atoms with E-state index in [-0.39, 0.29) is 5.92 Å². The Morgan fingerprint density at radius 2 is 2.00 bits per heavy atom. The number of furan rings is 1. The molecule has 0 spiro atoms. The van der Waals surface area contributed by atoms with Crippen LogP contribution in [0.3, 0.4) is 0 Å². The maximum atomic E-state index is 9.67. The Morgan fingerprint density at radius 3 is 2.69 bits per heavy atom. The van der Waals surface area contributed by atoms with E-state index in [2.05, 4.69) is 23.2 Å². The zero-order valence-corrected chi connectivity index (χ0v) is 14.9. The number of ether oxygens (including phenoxy) is 1. The summed E-state index contributed by atoms with van der Waals surface area (Å²) in [5, 5.41) is 10.7. The second kappa shape index (κ2) is 7.21. The molecule has 26 heavy (non-hydrogen) atoms. The quantitative estimate of drug-likeness (QED) is 0.625. The summed E-state index contributed by atoms with van der Waals surface area (Å²) in [5.74, 6) is 2.11.